The first-order chi connectivity index (χ1) is 7.10. The second-order valence-corrected chi connectivity index (χ2v) is 3.34. The molecule has 0 spiro atoms. The molecule has 0 aliphatic carbocycles. The van der Waals surface area contributed by atoms with Crippen LogP contribution in [0.5, 0.6) is 5.75 Å². The third-order valence-electron chi connectivity index (χ3n) is 1.87. The molecule has 5 heteroatoms. The molecule has 0 radical (unpaired) electrons. The van der Waals surface area contributed by atoms with Crippen molar-refractivity contribution >= 4 is 17.4 Å². The highest BCUT2D eigenvalue weighted by molar-refractivity contribution is 6.31. The molecule has 0 aliphatic rings. The number of hydrogen-bond donors (Lipinski definition) is 1. The van der Waals surface area contributed by atoms with E-state index in [2.05, 4.69) is 5.32 Å². The van der Waals surface area contributed by atoms with Crippen molar-refractivity contribution in [1.29, 1.82) is 0 Å². The van der Waals surface area contributed by atoms with Crippen LogP contribution in [0.4, 0.5) is 4.39 Å². The molecule has 1 N–H and O–H groups in total. The van der Waals surface area contributed by atoms with Gasteiger partial charge in [0, 0.05) is 5.56 Å². The van der Waals surface area contributed by atoms with Crippen molar-refractivity contribution in [1.82, 2.24) is 5.32 Å². The molecule has 1 rings (SSSR count). The van der Waals surface area contributed by atoms with Crippen LogP contribution in [0.1, 0.15) is 10.4 Å². The lowest BCUT2D eigenvalue weighted by atomic mass is 10.1. The number of hydrogen-bond acceptors (Lipinski definition) is 3. The number of rotatable bonds is 4. The fraction of sp³-hybridized carbons (Fsp3) is 0.300. The molecule has 0 saturated heterocycles. The summed E-state index contributed by atoms with van der Waals surface area (Å²) in [5, 5.41) is 2.59. The first-order valence-corrected chi connectivity index (χ1v) is 4.68. The van der Waals surface area contributed by atoms with Gasteiger partial charge in [-0.1, -0.05) is 11.6 Å². The fourth-order valence-corrected chi connectivity index (χ4v) is 1.35. The van der Waals surface area contributed by atoms with Gasteiger partial charge in [0.25, 0.3) is 0 Å². The predicted octanol–water partition coefficient (Wildman–Crippen LogP) is 1.89. The molecular formula is C10H11ClFNO2. The lowest BCUT2D eigenvalue weighted by Gasteiger charge is -2.06. The minimum Gasteiger partial charge on any atom is -0.494 e. The lowest BCUT2D eigenvalue weighted by Crippen LogP contribution is -2.18. The van der Waals surface area contributed by atoms with Gasteiger partial charge in [-0.3, -0.25) is 4.79 Å². The molecule has 0 atom stereocenters. The van der Waals surface area contributed by atoms with E-state index in [0.717, 1.165) is 0 Å². The molecule has 0 unspecified atom stereocenters. The van der Waals surface area contributed by atoms with Crippen molar-refractivity contribution in [3.63, 3.8) is 0 Å². The van der Waals surface area contributed by atoms with Gasteiger partial charge in [-0.05, 0) is 19.2 Å². The number of Topliss-reactive ketones (excluding diaryl/α,β-unsaturated/α-hetero) is 1. The van der Waals surface area contributed by atoms with Crippen LogP contribution in [0.25, 0.3) is 0 Å². The topological polar surface area (TPSA) is 38.3 Å². The Labute approximate surface area is 92.2 Å². The molecule has 15 heavy (non-hydrogen) atoms. The highest BCUT2D eigenvalue weighted by atomic mass is 35.5. The summed E-state index contributed by atoms with van der Waals surface area (Å²) in [5.74, 6) is -0.847. The van der Waals surface area contributed by atoms with E-state index in [4.69, 9.17) is 16.3 Å². The molecule has 3 nitrogen and oxygen atoms in total. The number of ether oxygens (including phenoxy) is 1. The molecule has 0 heterocycles. The number of likely N-dealkylation sites (N-methyl/N-ethyl adjacent to an activating group) is 1. The van der Waals surface area contributed by atoms with Crippen molar-refractivity contribution in [2.24, 2.45) is 0 Å². The van der Waals surface area contributed by atoms with E-state index in [-0.39, 0.29) is 23.1 Å². The Kier molecular flexibility index (Phi) is 4.05. The van der Waals surface area contributed by atoms with Crippen LogP contribution in [-0.2, 0) is 0 Å². The summed E-state index contributed by atoms with van der Waals surface area (Å²) < 4.78 is 18.0. The summed E-state index contributed by atoms with van der Waals surface area (Å²) in [6.45, 7) is 0.172. The van der Waals surface area contributed by atoms with Gasteiger partial charge in [-0.15, -0.1) is 0 Å². The first kappa shape index (κ1) is 11.9. The fourth-order valence-electron chi connectivity index (χ4n) is 1.14. The van der Waals surface area contributed by atoms with Gasteiger partial charge in [0.05, 0.1) is 18.7 Å². The van der Waals surface area contributed by atoms with Gasteiger partial charge in [0.2, 0.25) is 0 Å². The van der Waals surface area contributed by atoms with Crippen LogP contribution >= 0.6 is 11.6 Å². The van der Waals surface area contributed by atoms with E-state index in [0.29, 0.717) is 5.56 Å². The molecule has 0 bridgehead atoms. The molecule has 82 valence electrons. The third kappa shape index (κ3) is 2.67. The van der Waals surface area contributed by atoms with Gasteiger partial charge < -0.3 is 10.1 Å². The van der Waals surface area contributed by atoms with Crippen LogP contribution in [0.3, 0.4) is 0 Å². The second-order valence-electron chi connectivity index (χ2n) is 2.93. The zero-order valence-electron chi connectivity index (χ0n) is 8.43. The van der Waals surface area contributed by atoms with Crippen molar-refractivity contribution < 1.29 is 13.9 Å². The summed E-state index contributed by atoms with van der Waals surface area (Å²) in [6.07, 6.45) is 0. The highest BCUT2D eigenvalue weighted by Crippen LogP contribution is 2.26. The van der Waals surface area contributed by atoms with Crippen LogP contribution in [0, 0.1) is 5.82 Å². The quantitative estimate of drug-likeness (QED) is 0.805. The summed E-state index contributed by atoms with van der Waals surface area (Å²) in [7, 11) is 2.97. The molecular weight excluding hydrogens is 221 g/mol. The Morgan fingerprint density at radius 1 is 1.60 bits per heavy atom. The summed E-state index contributed by atoms with van der Waals surface area (Å²) in [5.41, 5.74) is 0.326. The highest BCUT2D eigenvalue weighted by Gasteiger charge is 2.13. The Morgan fingerprint density at radius 3 is 2.80 bits per heavy atom. The standard InChI is InChI=1S/C10H11ClFNO2/c1-13-5-8(14)6-3-7(11)10(12)9(4-6)15-2/h3-4,13H,5H2,1-2H3. The average Bonchev–Trinajstić information content (AvgIpc) is 2.22. The summed E-state index contributed by atoms with van der Waals surface area (Å²) >= 11 is 5.61. The van der Waals surface area contributed by atoms with Crippen LogP contribution in [0.2, 0.25) is 5.02 Å². The zero-order chi connectivity index (χ0) is 11.4. The Balaban J connectivity index is 3.10. The maximum Gasteiger partial charge on any atom is 0.183 e. The number of halogens is 2. The molecule has 0 saturated carbocycles. The second kappa shape index (κ2) is 5.09. The van der Waals surface area contributed by atoms with Crippen molar-refractivity contribution in [2.45, 2.75) is 0 Å². The van der Waals surface area contributed by atoms with Crippen LogP contribution < -0.4 is 10.1 Å². The van der Waals surface area contributed by atoms with E-state index in [9.17, 15) is 9.18 Å². The summed E-state index contributed by atoms with van der Waals surface area (Å²) in [4.78, 5) is 11.5. The lowest BCUT2D eigenvalue weighted by molar-refractivity contribution is 0.0993. The molecule has 0 fully saturated rings. The Morgan fingerprint density at radius 2 is 2.27 bits per heavy atom. The maximum absolute atomic E-state index is 13.2. The smallest absolute Gasteiger partial charge is 0.183 e. The van der Waals surface area contributed by atoms with Crippen LogP contribution in [-0.4, -0.2) is 26.5 Å². The molecule has 0 amide bonds. The number of carbonyl (C=O) groups is 1. The van der Waals surface area contributed by atoms with Gasteiger partial charge >= 0.3 is 0 Å². The minimum absolute atomic E-state index is 0.0260. The Hall–Kier alpha value is -1.13. The van der Waals surface area contributed by atoms with Crippen molar-refractivity contribution in [3.8, 4) is 5.75 Å². The van der Waals surface area contributed by atoms with E-state index < -0.39 is 5.82 Å². The predicted molar refractivity (Wildman–Crippen MR) is 56.2 cm³/mol. The van der Waals surface area contributed by atoms with Crippen molar-refractivity contribution in [3.05, 3.63) is 28.5 Å². The molecule has 0 aliphatic heterocycles. The van der Waals surface area contributed by atoms with E-state index in [1.165, 1.54) is 19.2 Å². The van der Waals surface area contributed by atoms with E-state index >= 15 is 0 Å². The largest absolute Gasteiger partial charge is 0.494 e. The third-order valence-corrected chi connectivity index (χ3v) is 2.15. The zero-order valence-corrected chi connectivity index (χ0v) is 9.19. The first-order valence-electron chi connectivity index (χ1n) is 4.31. The van der Waals surface area contributed by atoms with Crippen molar-refractivity contribution in [2.75, 3.05) is 20.7 Å². The van der Waals surface area contributed by atoms with Crippen LogP contribution in [0.15, 0.2) is 12.1 Å². The van der Waals surface area contributed by atoms with Gasteiger partial charge in [0.15, 0.2) is 17.3 Å². The molecule has 0 aromatic heterocycles. The number of benzene rings is 1. The maximum atomic E-state index is 13.2. The monoisotopic (exact) mass is 231 g/mol. The van der Waals surface area contributed by atoms with Gasteiger partial charge in [-0.25, -0.2) is 4.39 Å². The average molecular weight is 232 g/mol. The summed E-state index contributed by atoms with van der Waals surface area (Å²) in [6, 6.07) is 2.62. The number of carbonyl (C=O) groups excluding carboxylic acids is 1. The van der Waals surface area contributed by atoms with Gasteiger partial charge in [0.1, 0.15) is 0 Å². The molecule has 1 aromatic carbocycles. The molecule has 1 aromatic rings. The van der Waals surface area contributed by atoms with E-state index in [1.54, 1.807) is 7.05 Å². The Bertz CT molecular complexity index is 382. The minimum atomic E-state index is -0.653. The van der Waals surface area contributed by atoms with E-state index in [1.807, 2.05) is 0 Å². The van der Waals surface area contributed by atoms with Gasteiger partial charge in [-0.2, -0.15) is 0 Å². The SMILES string of the molecule is CNCC(=O)c1cc(Cl)c(F)c(OC)c1. The number of ketones is 1. The normalized spacial score (nSPS) is 10.1. The number of methoxy groups -OCH3 is 1. The number of nitrogens with one attached hydrogen (secondary N) is 1.